The van der Waals surface area contributed by atoms with E-state index < -0.39 is 0 Å². The fraction of sp³-hybridized carbons (Fsp3) is 0.133. The van der Waals surface area contributed by atoms with Crippen molar-refractivity contribution in [3.63, 3.8) is 0 Å². The molecule has 1 atom stereocenters. The lowest BCUT2D eigenvalue weighted by molar-refractivity contribution is 0.0940. The molecule has 3 nitrogen and oxygen atoms in total. The first-order valence-electron chi connectivity index (χ1n) is 5.98. The second-order valence-corrected chi connectivity index (χ2v) is 4.38. The van der Waals surface area contributed by atoms with Gasteiger partial charge in [0.05, 0.1) is 6.04 Å². The number of carbonyl (C=O) groups is 1. The van der Waals surface area contributed by atoms with Crippen LogP contribution < -0.4 is 11.1 Å². The zero-order chi connectivity index (χ0) is 13.8. The zero-order valence-corrected chi connectivity index (χ0v) is 10.6. The SMILES string of the molecule is C[C@@H](NC(=O)c1cccc(N)c1)c1cccc(F)c1. The van der Waals surface area contributed by atoms with Gasteiger partial charge in [0.25, 0.3) is 5.91 Å². The number of carbonyl (C=O) groups excluding carboxylic acids is 1. The molecule has 0 spiro atoms. The highest BCUT2D eigenvalue weighted by Crippen LogP contribution is 2.15. The fourth-order valence-corrected chi connectivity index (χ4v) is 1.82. The molecule has 0 saturated carbocycles. The van der Waals surface area contributed by atoms with Gasteiger partial charge < -0.3 is 11.1 Å². The van der Waals surface area contributed by atoms with Crippen LogP contribution in [0.25, 0.3) is 0 Å². The van der Waals surface area contributed by atoms with Gasteiger partial charge in [-0.1, -0.05) is 18.2 Å². The van der Waals surface area contributed by atoms with E-state index in [1.165, 1.54) is 12.1 Å². The van der Waals surface area contributed by atoms with Gasteiger partial charge >= 0.3 is 0 Å². The van der Waals surface area contributed by atoms with E-state index in [0.29, 0.717) is 11.3 Å². The van der Waals surface area contributed by atoms with E-state index in [9.17, 15) is 9.18 Å². The number of nitrogens with two attached hydrogens (primary N) is 1. The van der Waals surface area contributed by atoms with Crippen molar-refractivity contribution < 1.29 is 9.18 Å². The third-order valence-corrected chi connectivity index (χ3v) is 2.85. The average molecular weight is 258 g/mol. The molecule has 0 bridgehead atoms. The highest BCUT2D eigenvalue weighted by atomic mass is 19.1. The number of rotatable bonds is 3. The van der Waals surface area contributed by atoms with E-state index >= 15 is 0 Å². The van der Waals surface area contributed by atoms with E-state index in [4.69, 9.17) is 5.73 Å². The number of nitrogens with one attached hydrogen (secondary N) is 1. The van der Waals surface area contributed by atoms with Gasteiger partial charge in [-0.2, -0.15) is 0 Å². The molecule has 2 rings (SSSR count). The molecule has 0 radical (unpaired) electrons. The van der Waals surface area contributed by atoms with Crippen molar-refractivity contribution in [2.45, 2.75) is 13.0 Å². The molecule has 4 heteroatoms. The Morgan fingerprint density at radius 2 is 1.95 bits per heavy atom. The van der Waals surface area contributed by atoms with E-state index in [0.717, 1.165) is 5.56 Å². The number of hydrogen-bond acceptors (Lipinski definition) is 2. The van der Waals surface area contributed by atoms with Crippen molar-refractivity contribution in [2.24, 2.45) is 0 Å². The Hall–Kier alpha value is -2.36. The summed E-state index contributed by atoms with van der Waals surface area (Å²) >= 11 is 0. The summed E-state index contributed by atoms with van der Waals surface area (Å²) in [5, 5.41) is 2.81. The highest BCUT2D eigenvalue weighted by molar-refractivity contribution is 5.95. The average Bonchev–Trinajstić information content (AvgIpc) is 2.38. The third kappa shape index (κ3) is 3.31. The predicted octanol–water partition coefficient (Wildman–Crippen LogP) is 2.90. The van der Waals surface area contributed by atoms with Gasteiger partial charge in [-0.25, -0.2) is 4.39 Å². The van der Waals surface area contributed by atoms with E-state index in [2.05, 4.69) is 5.32 Å². The number of nitrogen functional groups attached to an aromatic ring is 1. The summed E-state index contributed by atoms with van der Waals surface area (Å²) in [5.74, 6) is -0.549. The first-order valence-corrected chi connectivity index (χ1v) is 5.98. The van der Waals surface area contributed by atoms with Gasteiger partial charge in [0.1, 0.15) is 5.82 Å². The predicted molar refractivity (Wildman–Crippen MR) is 73.1 cm³/mol. The van der Waals surface area contributed by atoms with Crippen LogP contribution in [-0.4, -0.2) is 5.91 Å². The van der Waals surface area contributed by atoms with Gasteiger partial charge in [0.2, 0.25) is 0 Å². The maximum atomic E-state index is 13.1. The molecule has 0 saturated heterocycles. The number of benzene rings is 2. The van der Waals surface area contributed by atoms with Crippen LogP contribution in [-0.2, 0) is 0 Å². The summed E-state index contributed by atoms with van der Waals surface area (Å²) in [6.07, 6.45) is 0. The molecular formula is C15H15FN2O. The van der Waals surface area contributed by atoms with Gasteiger partial charge in [-0.15, -0.1) is 0 Å². The van der Waals surface area contributed by atoms with Crippen molar-refractivity contribution in [3.05, 3.63) is 65.5 Å². The van der Waals surface area contributed by atoms with E-state index in [1.54, 1.807) is 43.3 Å². The quantitative estimate of drug-likeness (QED) is 0.832. The van der Waals surface area contributed by atoms with Crippen molar-refractivity contribution in [3.8, 4) is 0 Å². The maximum absolute atomic E-state index is 13.1. The molecule has 2 aromatic rings. The molecule has 19 heavy (non-hydrogen) atoms. The first kappa shape index (κ1) is 13.1. The minimum atomic E-state index is -0.317. The monoisotopic (exact) mass is 258 g/mol. The van der Waals surface area contributed by atoms with Crippen molar-refractivity contribution in [1.82, 2.24) is 5.32 Å². The molecule has 0 unspecified atom stereocenters. The number of anilines is 1. The van der Waals surface area contributed by atoms with Crippen molar-refractivity contribution in [1.29, 1.82) is 0 Å². The van der Waals surface area contributed by atoms with Crippen LogP contribution >= 0.6 is 0 Å². The topological polar surface area (TPSA) is 55.1 Å². The van der Waals surface area contributed by atoms with Crippen LogP contribution in [0.15, 0.2) is 48.5 Å². The van der Waals surface area contributed by atoms with Gasteiger partial charge in [-0.05, 0) is 42.8 Å². The summed E-state index contributed by atoms with van der Waals surface area (Å²) in [7, 11) is 0. The van der Waals surface area contributed by atoms with Crippen molar-refractivity contribution in [2.75, 3.05) is 5.73 Å². The Morgan fingerprint density at radius 1 is 1.21 bits per heavy atom. The summed E-state index contributed by atoms with van der Waals surface area (Å²) in [6.45, 7) is 1.80. The Bertz CT molecular complexity index is 598. The molecule has 0 aliphatic carbocycles. The molecule has 2 aromatic carbocycles. The Kier molecular flexibility index (Phi) is 3.80. The number of amides is 1. The minimum Gasteiger partial charge on any atom is -0.399 e. The lowest BCUT2D eigenvalue weighted by Gasteiger charge is -2.14. The summed E-state index contributed by atoms with van der Waals surface area (Å²) in [6, 6.07) is 12.6. The molecule has 0 aromatic heterocycles. The minimum absolute atomic E-state index is 0.232. The normalized spacial score (nSPS) is 11.9. The molecule has 0 aliphatic rings. The summed E-state index contributed by atoms with van der Waals surface area (Å²) in [5.41, 5.74) is 7.37. The largest absolute Gasteiger partial charge is 0.399 e. The van der Waals surface area contributed by atoms with E-state index in [-0.39, 0.29) is 17.8 Å². The third-order valence-electron chi connectivity index (χ3n) is 2.85. The van der Waals surface area contributed by atoms with Crippen LogP contribution in [0.2, 0.25) is 0 Å². The molecule has 98 valence electrons. The maximum Gasteiger partial charge on any atom is 0.251 e. The van der Waals surface area contributed by atoms with Crippen LogP contribution in [0.3, 0.4) is 0 Å². The van der Waals surface area contributed by atoms with Crippen LogP contribution in [0, 0.1) is 5.82 Å². The Balaban J connectivity index is 2.11. The first-order chi connectivity index (χ1) is 9.06. The number of hydrogen-bond donors (Lipinski definition) is 2. The van der Waals surface area contributed by atoms with Crippen LogP contribution in [0.4, 0.5) is 10.1 Å². The summed E-state index contributed by atoms with van der Waals surface area (Å²) in [4.78, 5) is 12.0. The van der Waals surface area contributed by atoms with Gasteiger partial charge in [-0.3, -0.25) is 4.79 Å². The van der Waals surface area contributed by atoms with Crippen molar-refractivity contribution >= 4 is 11.6 Å². The van der Waals surface area contributed by atoms with E-state index in [1.807, 2.05) is 0 Å². The molecule has 0 heterocycles. The van der Waals surface area contributed by atoms with Crippen LogP contribution in [0.5, 0.6) is 0 Å². The standard InChI is InChI=1S/C15H15FN2O/c1-10(11-4-2-6-13(16)8-11)18-15(19)12-5-3-7-14(17)9-12/h2-10H,17H2,1H3,(H,18,19)/t10-/m1/s1. The van der Waals surface area contributed by atoms with Crippen LogP contribution in [0.1, 0.15) is 28.9 Å². The second kappa shape index (κ2) is 5.52. The zero-order valence-electron chi connectivity index (χ0n) is 10.6. The van der Waals surface area contributed by atoms with Gasteiger partial charge in [0.15, 0.2) is 0 Å². The molecule has 0 fully saturated rings. The molecule has 1 amide bonds. The smallest absolute Gasteiger partial charge is 0.251 e. The number of halogens is 1. The Labute approximate surface area is 111 Å². The second-order valence-electron chi connectivity index (χ2n) is 4.38. The fourth-order valence-electron chi connectivity index (χ4n) is 1.82. The van der Waals surface area contributed by atoms with Gasteiger partial charge in [0, 0.05) is 11.3 Å². The molecular weight excluding hydrogens is 243 g/mol. The molecule has 0 aliphatic heterocycles. The summed E-state index contributed by atoms with van der Waals surface area (Å²) < 4.78 is 13.1. The lowest BCUT2D eigenvalue weighted by atomic mass is 10.1. The molecule has 3 N–H and O–H groups in total. The lowest BCUT2D eigenvalue weighted by Crippen LogP contribution is -2.26. The Morgan fingerprint density at radius 3 is 2.63 bits per heavy atom. The highest BCUT2D eigenvalue weighted by Gasteiger charge is 2.11.